The van der Waals surface area contributed by atoms with Gasteiger partial charge in [-0.3, -0.25) is 0 Å². The van der Waals surface area contributed by atoms with E-state index in [1.54, 1.807) is 0 Å². The zero-order chi connectivity index (χ0) is 16.2. The second-order valence-corrected chi connectivity index (χ2v) is 6.70. The van der Waals surface area contributed by atoms with Gasteiger partial charge in [-0.2, -0.15) is 0 Å². The maximum absolute atomic E-state index is 4.16. The van der Waals surface area contributed by atoms with Gasteiger partial charge in [0.25, 0.3) is 0 Å². The van der Waals surface area contributed by atoms with E-state index in [4.69, 9.17) is 0 Å². The van der Waals surface area contributed by atoms with E-state index in [-0.39, 0.29) is 0 Å². The van der Waals surface area contributed by atoms with Crippen LogP contribution in [0.4, 0.5) is 0 Å². The second-order valence-electron chi connectivity index (χ2n) is 6.70. The number of hydrogen-bond donors (Lipinski definition) is 0. The van der Waals surface area contributed by atoms with E-state index >= 15 is 0 Å². The monoisotopic (exact) mass is 305 g/mol. The molecule has 120 valence electrons. The van der Waals surface area contributed by atoms with Crippen LogP contribution >= 0.6 is 0 Å². The summed E-state index contributed by atoms with van der Waals surface area (Å²) in [7, 11) is 2.23. The third-order valence-electron chi connectivity index (χ3n) is 5.24. The Hall–Kier alpha value is -1.86. The minimum atomic E-state index is 0.457. The molecule has 1 aliphatic carbocycles. The minimum Gasteiger partial charge on any atom is -0.306 e. The van der Waals surface area contributed by atoms with Gasteiger partial charge >= 0.3 is 0 Å². The van der Waals surface area contributed by atoms with Gasteiger partial charge in [0.15, 0.2) is 0 Å². The van der Waals surface area contributed by atoms with E-state index < -0.39 is 0 Å². The van der Waals surface area contributed by atoms with Crippen molar-refractivity contribution in [2.75, 3.05) is 20.1 Å². The van der Waals surface area contributed by atoms with Crippen molar-refractivity contribution in [2.24, 2.45) is 5.92 Å². The molecule has 1 aromatic carbocycles. The lowest BCUT2D eigenvalue weighted by Gasteiger charge is -2.36. The molecule has 0 amide bonds. The second kappa shape index (κ2) is 7.14. The molecule has 1 unspecified atom stereocenters. The summed E-state index contributed by atoms with van der Waals surface area (Å²) in [4.78, 5) is 2.45. The Bertz CT molecular complexity index is 654. The standard InChI is InChI=1S/C22H27N/c1-4-8-17-11-12-18-9-6-7-10-21(18)22(20(17)5-2)19-13-15-23(3)16-14-19/h4-12,19,22H,2,13-16H2,1,3H3/b8-4-. The van der Waals surface area contributed by atoms with E-state index in [1.165, 1.54) is 48.2 Å². The van der Waals surface area contributed by atoms with E-state index in [1.807, 2.05) is 0 Å². The third kappa shape index (κ3) is 3.25. The van der Waals surface area contributed by atoms with Crippen LogP contribution in [0.25, 0.3) is 6.08 Å². The predicted octanol–water partition coefficient (Wildman–Crippen LogP) is 5.20. The van der Waals surface area contributed by atoms with Crippen LogP contribution in [0.5, 0.6) is 0 Å². The number of likely N-dealkylation sites (tertiary alicyclic amines) is 1. The molecule has 0 saturated carbocycles. The van der Waals surface area contributed by atoms with Crippen LogP contribution in [0.1, 0.15) is 36.8 Å². The molecule has 1 aliphatic heterocycles. The Balaban J connectivity index is 2.10. The molecule has 23 heavy (non-hydrogen) atoms. The molecule has 1 nitrogen and oxygen atoms in total. The summed E-state index contributed by atoms with van der Waals surface area (Å²) in [5, 5.41) is 0. The Morgan fingerprint density at radius 2 is 1.87 bits per heavy atom. The number of fused-ring (bicyclic) bond motifs is 1. The summed E-state index contributed by atoms with van der Waals surface area (Å²) in [6.45, 7) is 8.63. The Morgan fingerprint density at radius 3 is 2.57 bits per heavy atom. The van der Waals surface area contributed by atoms with Gasteiger partial charge in [-0.25, -0.2) is 0 Å². The van der Waals surface area contributed by atoms with Gasteiger partial charge in [0.05, 0.1) is 0 Å². The van der Waals surface area contributed by atoms with Crippen molar-refractivity contribution in [1.29, 1.82) is 0 Å². The first kappa shape index (κ1) is 16.0. The Morgan fingerprint density at radius 1 is 1.13 bits per heavy atom. The molecule has 3 rings (SSSR count). The van der Waals surface area contributed by atoms with Crippen molar-refractivity contribution in [1.82, 2.24) is 4.90 Å². The van der Waals surface area contributed by atoms with Crippen molar-refractivity contribution in [3.8, 4) is 0 Å². The van der Waals surface area contributed by atoms with Crippen LogP contribution in [0.15, 0.2) is 66.3 Å². The van der Waals surface area contributed by atoms with E-state index in [0.29, 0.717) is 11.8 Å². The van der Waals surface area contributed by atoms with Gasteiger partial charge in [-0.15, -0.1) is 0 Å². The topological polar surface area (TPSA) is 3.24 Å². The highest BCUT2D eigenvalue weighted by atomic mass is 15.1. The van der Waals surface area contributed by atoms with E-state index in [0.717, 1.165) is 0 Å². The maximum atomic E-state index is 4.16. The molecule has 1 atom stereocenters. The van der Waals surface area contributed by atoms with Crippen LogP contribution in [0.3, 0.4) is 0 Å². The molecule has 0 spiro atoms. The highest BCUT2D eigenvalue weighted by Gasteiger charge is 2.31. The SMILES string of the molecule is C=CC1=C(/C=C\C)C=Cc2ccccc2C1C1CCN(C)CC1. The molecule has 2 aliphatic rings. The third-order valence-corrected chi connectivity index (χ3v) is 5.24. The van der Waals surface area contributed by atoms with Crippen molar-refractivity contribution in [3.05, 3.63) is 77.4 Å². The average molecular weight is 305 g/mol. The number of rotatable bonds is 3. The number of allylic oxidation sites excluding steroid dienone is 6. The molecular weight excluding hydrogens is 278 g/mol. The number of nitrogens with zero attached hydrogens (tertiary/aromatic N) is 1. The van der Waals surface area contributed by atoms with Crippen LogP contribution < -0.4 is 0 Å². The van der Waals surface area contributed by atoms with Gasteiger partial charge in [0, 0.05) is 5.92 Å². The first-order valence-electron chi connectivity index (χ1n) is 8.69. The van der Waals surface area contributed by atoms with Crippen LogP contribution in [-0.4, -0.2) is 25.0 Å². The van der Waals surface area contributed by atoms with Crippen molar-refractivity contribution < 1.29 is 0 Å². The maximum Gasteiger partial charge on any atom is 0.0130 e. The van der Waals surface area contributed by atoms with Gasteiger partial charge in [0.1, 0.15) is 0 Å². The largest absolute Gasteiger partial charge is 0.306 e. The first-order valence-corrected chi connectivity index (χ1v) is 8.69. The lowest BCUT2D eigenvalue weighted by Crippen LogP contribution is -2.33. The molecule has 0 aromatic heterocycles. The molecule has 1 fully saturated rings. The lowest BCUT2D eigenvalue weighted by atomic mass is 9.74. The molecule has 0 N–H and O–H groups in total. The van der Waals surface area contributed by atoms with Crippen molar-refractivity contribution in [3.63, 3.8) is 0 Å². The molecule has 1 aromatic rings. The lowest BCUT2D eigenvalue weighted by molar-refractivity contribution is 0.207. The van der Waals surface area contributed by atoms with Crippen molar-refractivity contribution in [2.45, 2.75) is 25.7 Å². The minimum absolute atomic E-state index is 0.457. The molecule has 1 saturated heterocycles. The van der Waals surface area contributed by atoms with Gasteiger partial charge in [-0.05, 0) is 68.1 Å². The quantitative estimate of drug-likeness (QED) is 0.742. The fraction of sp³-hybridized carbons (Fsp3) is 0.364. The van der Waals surface area contributed by atoms with Gasteiger partial charge in [0.2, 0.25) is 0 Å². The Kier molecular flexibility index (Phi) is 4.97. The first-order chi connectivity index (χ1) is 11.2. The summed E-state index contributed by atoms with van der Waals surface area (Å²) in [5.41, 5.74) is 5.52. The van der Waals surface area contributed by atoms with Crippen LogP contribution in [-0.2, 0) is 0 Å². The summed E-state index contributed by atoms with van der Waals surface area (Å²) in [5.74, 6) is 1.15. The normalized spacial score (nSPS) is 23.1. The summed E-state index contributed by atoms with van der Waals surface area (Å²) in [6.07, 6.45) is 13.5. The Labute approximate surface area is 140 Å². The van der Waals surface area contributed by atoms with Crippen LogP contribution in [0.2, 0.25) is 0 Å². The van der Waals surface area contributed by atoms with Crippen molar-refractivity contribution >= 4 is 6.08 Å². The fourth-order valence-corrected chi connectivity index (χ4v) is 4.01. The smallest absolute Gasteiger partial charge is 0.0130 e. The molecule has 1 heteroatoms. The van der Waals surface area contributed by atoms with Gasteiger partial charge < -0.3 is 4.90 Å². The summed E-state index contributed by atoms with van der Waals surface area (Å²) in [6, 6.07) is 8.87. The van der Waals surface area contributed by atoms with Gasteiger partial charge in [-0.1, -0.05) is 61.2 Å². The average Bonchev–Trinajstić information content (AvgIpc) is 2.73. The molecule has 0 bridgehead atoms. The molecule has 0 radical (unpaired) electrons. The summed E-state index contributed by atoms with van der Waals surface area (Å²) >= 11 is 0. The highest BCUT2D eigenvalue weighted by Crippen LogP contribution is 2.43. The molecular formula is C22H27N. The van der Waals surface area contributed by atoms with E-state index in [9.17, 15) is 0 Å². The zero-order valence-electron chi connectivity index (χ0n) is 14.3. The van der Waals surface area contributed by atoms with E-state index in [2.05, 4.69) is 80.1 Å². The number of piperidine rings is 1. The summed E-state index contributed by atoms with van der Waals surface area (Å²) < 4.78 is 0. The number of hydrogen-bond acceptors (Lipinski definition) is 1. The highest BCUT2D eigenvalue weighted by molar-refractivity contribution is 5.65. The zero-order valence-corrected chi connectivity index (χ0v) is 14.3. The fourth-order valence-electron chi connectivity index (χ4n) is 4.01. The molecule has 1 heterocycles. The number of benzene rings is 1. The predicted molar refractivity (Wildman–Crippen MR) is 100 cm³/mol. The van der Waals surface area contributed by atoms with Crippen LogP contribution in [0, 0.1) is 5.92 Å².